The molecule has 0 saturated carbocycles. The summed E-state index contributed by atoms with van der Waals surface area (Å²) in [6.45, 7) is 0. The van der Waals surface area contributed by atoms with Gasteiger partial charge in [-0.1, -0.05) is 6.07 Å². The minimum absolute atomic E-state index is 0.0187. The quantitative estimate of drug-likeness (QED) is 0.692. The van der Waals surface area contributed by atoms with Crippen LogP contribution in [0.25, 0.3) is 0 Å². The number of benzene rings is 1. The summed E-state index contributed by atoms with van der Waals surface area (Å²) in [5.74, 6) is 0. The van der Waals surface area contributed by atoms with Crippen LogP contribution >= 0.6 is 15.9 Å². The molecule has 5 heteroatoms. The van der Waals surface area contributed by atoms with Crippen LogP contribution in [0.3, 0.4) is 0 Å². The standard InChI is InChI=1S/C8H3BrF3N/c9-7-5(4-13)2-1-3-6(7)8(10,11)12/h1-3H. The zero-order valence-electron chi connectivity index (χ0n) is 6.19. The van der Waals surface area contributed by atoms with Gasteiger partial charge in [-0.3, -0.25) is 0 Å². The normalized spacial score (nSPS) is 11.0. The van der Waals surface area contributed by atoms with Crippen LogP contribution in [0.5, 0.6) is 0 Å². The molecular weight excluding hydrogens is 247 g/mol. The van der Waals surface area contributed by atoms with Gasteiger partial charge in [-0.25, -0.2) is 0 Å². The summed E-state index contributed by atoms with van der Waals surface area (Å²) in [5, 5.41) is 8.46. The van der Waals surface area contributed by atoms with E-state index < -0.39 is 11.7 Å². The molecule has 0 aromatic heterocycles. The molecule has 13 heavy (non-hydrogen) atoms. The number of hydrogen-bond acceptors (Lipinski definition) is 1. The summed E-state index contributed by atoms with van der Waals surface area (Å²) in [4.78, 5) is 0. The van der Waals surface area contributed by atoms with E-state index in [1.165, 1.54) is 12.1 Å². The number of alkyl halides is 3. The average Bonchev–Trinajstić information content (AvgIpc) is 2.02. The van der Waals surface area contributed by atoms with Crippen molar-refractivity contribution in [3.63, 3.8) is 0 Å². The Morgan fingerprint density at radius 3 is 2.38 bits per heavy atom. The Kier molecular flexibility index (Phi) is 2.62. The first-order valence-electron chi connectivity index (χ1n) is 3.22. The molecule has 0 bridgehead atoms. The predicted octanol–water partition coefficient (Wildman–Crippen LogP) is 3.34. The second kappa shape index (κ2) is 3.38. The molecule has 1 aromatic rings. The van der Waals surface area contributed by atoms with E-state index in [1.807, 2.05) is 0 Å². The molecule has 0 atom stereocenters. The predicted molar refractivity (Wildman–Crippen MR) is 43.9 cm³/mol. The Morgan fingerprint density at radius 1 is 1.31 bits per heavy atom. The van der Waals surface area contributed by atoms with E-state index in [1.54, 1.807) is 6.07 Å². The monoisotopic (exact) mass is 249 g/mol. The zero-order valence-corrected chi connectivity index (χ0v) is 7.78. The van der Waals surface area contributed by atoms with Gasteiger partial charge in [-0.05, 0) is 28.1 Å². The highest BCUT2D eigenvalue weighted by Crippen LogP contribution is 2.35. The second-order valence-electron chi connectivity index (χ2n) is 2.28. The number of hydrogen-bond donors (Lipinski definition) is 0. The molecule has 0 saturated heterocycles. The summed E-state index contributed by atoms with van der Waals surface area (Å²) in [7, 11) is 0. The fraction of sp³-hybridized carbons (Fsp3) is 0.125. The summed E-state index contributed by atoms with van der Waals surface area (Å²) < 4.78 is 36.5. The van der Waals surface area contributed by atoms with Gasteiger partial charge < -0.3 is 0 Å². The topological polar surface area (TPSA) is 23.8 Å². The third-order valence-electron chi connectivity index (χ3n) is 1.42. The summed E-state index contributed by atoms with van der Waals surface area (Å²) >= 11 is 2.73. The molecule has 0 unspecified atom stereocenters. The maximum absolute atomic E-state index is 12.2. The van der Waals surface area contributed by atoms with E-state index in [0.29, 0.717) is 0 Å². The molecular formula is C8H3BrF3N. The van der Waals surface area contributed by atoms with Gasteiger partial charge in [0.1, 0.15) is 6.07 Å². The fourth-order valence-corrected chi connectivity index (χ4v) is 1.42. The van der Waals surface area contributed by atoms with E-state index in [9.17, 15) is 13.2 Å². The van der Waals surface area contributed by atoms with Gasteiger partial charge in [0.25, 0.3) is 0 Å². The van der Waals surface area contributed by atoms with Crippen LogP contribution in [-0.2, 0) is 6.18 Å². The van der Waals surface area contributed by atoms with Crippen LogP contribution in [0.4, 0.5) is 13.2 Å². The number of nitrogens with zero attached hydrogens (tertiary/aromatic N) is 1. The lowest BCUT2D eigenvalue weighted by Gasteiger charge is -2.08. The molecule has 1 aromatic carbocycles. The van der Waals surface area contributed by atoms with E-state index in [2.05, 4.69) is 15.9 Å². The Morgan fingerprint density at radius 2 is 1.92 bits per heavy atom. The number of nitriles is 1. The van der Waals surface area contributed by atoms with Gasteiger partial charge in [-0.15, -0.1) is 0 Å². The van der Waals surface area contributed by atoms with Crippen LogP contribution in [0, 0.1) is 11.3 Å². The van der Waals surface area contributed by atoms with Crippen LogP contribution in [0.2, 0.25) is 0 Å². The zero-order chi connectivity index (χ0) is 10.1. The Hall–Kier alpha value is -1.02. The average molecular weight is 250 g/mol. The molecule has 0 aliphatic heterocycles. The van der Waals surface area contributed by atoms with Crippen molar-refractivity contribution in [2.24, 2.45) is 0 Å². The molecule has 0 aliphatic rings. The Labute approximate surface area is 80.9 Å². The molecule has 0 aliphatic carbocycles. The maximum atomic E-state index is 12.2. The molecule has 0 amide bonds. The summed E-state index contributed by atoms with van der Waals surface area (Å²) in [6.07, 6.45) is -4.42. The van der Waals surface area contributed by atoms with Crippen LogP contribution in [0.15, 0.2) is 22.7 Å². The molecule has 0 heterocycles. The lowest BCUT2D eigenvalue weighted by Crippen LogP contribution is -2.06. The fourth-order valence-electron chi connectivity index (χ4n) is 0.837. The molecule has 0 radical (unpaired) electrons. The third kappa shape index (κ3) is 2.01. The molecule has 1 nitrogen and oxygen atoms in total. The van der Waals surface area contributed by atoms with Crippen molar-refractivity contribution < 1.29 is 13.2 Å². The van der Waals surface area contributed by atoms with Crippen molar-refractivity contribution >= 4 is 15.9 Å². The highest BCUT2D eigenvalue weighted by molar-refractivity contribution is 9.10. The van der Waals surface area contributed by atoms with Gasteiger partial charge in [0.15, 0.2) is 0 Å². The number of rotatable bonds is 0. The van der Waals surface area contributed by atoms with Crippen LogP contribution in [-0.4, -0.2) is 0 Å². The van der Waals surface area contributed by atoms with Gasteiger partial charge in [0.05, 0.1) is 11.1 Å². The maximum Gasteiger partial charge on any atom is 0.417 e. The van der Waals surface area contributed by atoms with Crippen LogP contribution in [0.1, 0.15) is 11.1 Å². The minimum atomic E-state index is -4.42. The van der Waals surface area contributed by atoms with E-state index in [-0.39, 0.29) is 10.0 Å². The SMILES string of the molecule is N#Cc1cccc(C(F)(F)F)c1Br. The van der Waals surface area contributed by atoms with Gasteiger partial charge in [0, 0.05) is 4.47 Å². The van der Waals surface area contributed by atoms with Gasteiger partial charge in [0.2, 0.25) is 0 Å². The van der Waals surface area contributed by atoms with Crippen molar-refractivity contribution in [2.45, 2.75) is 6.18 Å². The van der Waals surface area contributed by atoms with Crippen molar-refractivity contribution in [3.05, 3.63) is 33.8 Å². The van der Waals surface area contributed by atoms with Crippen molar-refractivity contribution in [2.75, 3.05) is 0 Å². The lowest BCUT2D eigenvalue weighted by molar-refractivity contribution is -0.138. The van der Waals surface area contributed by atoms with Gasteiger partial charge in [-0.2, -0.15) is 18.4 Å². The smallest absolute Gasteiger partial charge is 0.192 e. The molecule has 68 valence electrons. The Bertz CT molecular complexity index is 365. The molecule has 0 spiro atoms. The third-order valence-corrected chi connectivity index (χ3v) is 2.28. The first-order chi connectivity index (χ1) is 5.96. The van der Waals surface area contributed by atoms with Crippen molar-refractivity contribution in [3.8, 4) is 6.07 Å². The highest BCUT2D eigenvalue weighted by atomic mass is 79.9. The van der Waals surface area contributed by atoms with E-state index in [4.69, 9.17) is 5.26 Å². The molecule has 0 fully saturated rings. The lowest BCUT2D eigenvalue weighted by atomic mass is 10.1. The van der Waals surface area contributed by atoms with Crippen LogP contribution < -0.4 is 0 Å². The summed E-state index contributed by atoms with van der Waals surface area (Å²) in [6, 6.07) is 5.10. The second-order valence-corrected chi connectivity index (χ2v) is 3.07. The first-order valence-corrected chi connectivity index (χ1v) is 4.02. The molecule has 1 rings (SSSR count). The first kappa shape index (κ1) is 10.1. The van der Waals surface area contributed by atoms with Crippen molar-refractivity contribution in [1.29, 1.82) is 5.26 Å². The van der Waals surface area contributed by atoms with E-state index >= 15 is 0 Å². The van der Waals surface area contributed by atoms with Gasteiger partial charge >= 0.3 is 6.18 Å². The largest absolute Gasteiger partial charge is 0.417 e. The highest BCUT2D eigenvalue weighted by Gasteiger charge is 2.33. The van der Waals surface area contributed by atoms with E-state index in [0.717, 1.165) is 6.07 Å². The number of halogens is 4. The summed E-state index contributed by atoms with van der Waals surface area (Å²) in [5.41, 5.74) is -0.846. The molecule has 0 N–H and O–H groups in total. The minimum Gasteiger partial charge on any atom is -0.192 e. The van der Waals surface area contributed by atoms with Crippen molar-refractivity contribution in [1.82, 2.24) is 0 Å². The Balaban J connectivity index is 3.34.